The molecule has 0 bridgehead atoms. The van der Waals surface area contributed by atoms with Crippen LogP contribution < -0.4 is 21.3 Å². The number of nitrogen functional groups attached to an aromatic ring is 1. The van der Waals surface area contributed by atoms with Crippen LogP contribution >= 0.6 is 0 Å². The van der Waals surface area contributed by atoms with Crippen molar-refractivity contribution in [3.8, 4) is 0 Å². The van der Waals surface area contributed by atoms with Gasteiger partial charge in [0.05, 0.1) is 12.1 Å². The fourth-order valence-electron chi connectivity index (χ4n) is 2.52. The highest BCUT2D eigenvalue weighted by molar-refractivity contribution is 5.87. The second-order valence-electron chi connectivity index (χ2n) is 6.73. The molecule has 0 aliphatic carbocycles. The zero-order valence-corrected chi connectivity index (χ0v) is 16.8. The van der Waals surface area contributed by atoms with Crippen molar-refractivity contribution in [2.75, 3.05) is 5.73 Å². The minimum atomic E-state index is -5.26. The number of aromatic nitrogens is 3. The van der Waals surface area contributed by atoms with E-state index in [0.29, 0.717) is 18.8 Å². The maximum absolute atomic E-state index is 13.3. The Morgan fingerprint density at radius 1 is 1.31 bits per heavy atom. The molecule has 8 nitrogen and oxygen atoms in total. The van der Waals surface area contributed by atoms with E-state index in [1.165, 1.54) is 0 Å². The van der Waals surface area contributed by atoms with Gasteiger partial charge in [-0.1, -0.05) is 13.0 Å². The quantitative estimate of drug-likeness (QED) is 0.262. The van der Waals surface area contributed by atoms with Crippen LogP contribution in [0.4, 0.5) is 32.2 Å². The lowest BCUT2D eigenvalue weighted by Crippen LogP contribution is -2.35. The Hall–Kier alpha value is -3.58. The van der Waals surface area contributed by atoms with Gasteiger partial charge in [0.1, 0.15) is 30.5 Å². The van der Waals surface area contributed by atoms with Crippen LogP contribution in [0.3, 0.4) is 0 Å². The highest BCUT2D eigenvalue weighted by Crippen LogP contribution is 2.35. The molecule has 4 N–H and O–H groups in total. The molecule has 0 aliphatic heterocycles. The Labute approximate surface area is 177 Å². The summed E-state index contributed by atoms with van der Waals surface area (Å²) in [6.07, 6.45) is -7.98. The Morgan fingerprint density at radius 2 is 1.97 bits per heavy atom. The number of carbonyl (C=O) groups is 1. The van der Waals surface area contributed by atoms with Crippen LogP contribution in [0.5, 0.6) is 0 Å². The lowest BCUT2D eigenvalue weighted by atomic mass is 10.1. The van der Waals surface area contributed by atoms with Gasteiger partial charge in [0, 0.05) is 12.1 Å². The Morgan fingerprint density at radius 3 is 2.53 bits per heavy atom. The molecule has 2 aromatic heterocycles. The summed E-state index contributed by atoms with van der Waals surface area (Å²) in [5.41, 5.74) is 4.72. The van der Waals surface area contributed by atoms with Gasteiger partial charge in [-0.3, -0.25) is 14.7 Å². The van der Waals surface area contributed by atoms with E-state index >= 15 is 0 Å². The van der Waals surface area contributed by atoms with Crippen LogP contribution in [0.25, 0.3) is 5.70 Å². The van der Waals surface area contributed by atoms with Gasteiger partial charge in [0.25, 0.3) is 11.5 Å². The summed E-state index contributed by atoms with van der Waals surface area (Å²) in [5.74, 6) is -3.90. The number of H-pyrrole nitrogens is 1. The summed E-state index contributed by atoms with van der Waals surface area (Å²) in [5, 5.41) is 5.23. The van der Waals surface area contributed by atoms with Gasteiger partial charge in [-0.05, 0) is 6.08 Å². The first kappa shape index (κ1) is 24.7. The maximum Gasteiger partial charge on any atom is 0.433 e. The lowest BCUT2D eigenvalue weighted by molar-refractivity contribution is -0.678. The summed E-state index contributed by atoms with van der Waals surface area (Å²) in [4.78, 5) is 24.0. The summed E-state index contributed by atoms with van der Waals surface area (Å²) >= 11 is 0. The molecule has 0 saturated carbocycles. The van der Waals surface area contributed by atoms with Gasteiger partial charge in [-0.2, -0.15) is 31.4 Å². The largest absolute Gasteiger partial charge is 0.433 e. The number of allylic oxidation sites excluding steroid dienone is 2. The van der Waals surface area contributed by atoms with Crippen LogP contribution in [-0.2, 0) is 18.3 Å². The highest BCUT2D eigenvalue weighted by Gasteiger charge is 2.42. The minimum Gasteiger partial charge on any atom is -0.383 e. The number of hydrogen-bond acceptors (Lipinski definition) is 4. The smallest absolute Gasteiger partial charge is 0.383 e. The van der Waals surface area contributed by atoms with Crippen LogP contribution in [0.1, 0.15) is 18.2 Å². The van der Waals surface area contributed by atoms with Gasteiger partial charge in [-0.15, -0.1) is 0 Å². The van der Waals surface area contributed by atoms with E-state index < -0.39 is 46.8 Å². The van der Waals surface area contributed by atoms with Crippen LogP contribution in [0.15, 0.2) is 40.4 Å². The van der Waals surface area contributed by atoms with Crippen LogP contribution in [-0.4, -0.2) is 34.3 Å². The summed E-state index contributed by atoms with van der Waals surface area (Å²) in [6.45, 7) is 0.522. The van der Waals surface area contributed by atoms with Crippen molar-refractivity contribution >= 4 is 23.6 Å². The summed E-state index contributed by atoms with van der Waals surface area (Å²) in [6, 6.07) is 5.14. The third kappa shape index (κ3) is 5.98. The number of alkyl halides is 6. The van der Waals surface area contributed by atoms with E-state index in [1.54, 1.807) is 41.1 Å². The molecule has 0 aliphatic rings. The molecule has 0 fully saturated rings. The van der Waals surface area contributed by atoms with Gasteiger partial charge in [-0.25, -0.2) is 14.7 Å². The molecule has 0 saturated heterocycles. The highest BCUT2D eigenvalue weighted by atomic mass is 19.4. The number of rotatable bonds is 6. The zero-order valence-electron chi connectivity index (χ0n) is 16.8. The predicted molar refractivity (Wildman–Crippen MR) is 102 cm³/mol. The number of anilines is 1. The monoisotopic (exact) mass is 465 g/mol. The van der Waals surface area contributed by atoms with E-state index in [-0.39, 0.29) is 17.2 Å². The van der Waals surface area contributed by atoms with E-state index in [1.807, 2.05) is 0 Å². The Kier molecular flexibility index (Phi) is 7.16. The number of nitrogens with zero attached hydrogens (tertiary/aromatic N) is 3. The van der Waals surface area contributed by atoms with Gasteiger partial charge in [0.2, 0.25) is 0 Å². The first-order valence-corrected chi connectivity index (χ1v) is 8.93. The van der Waals surface area contributed by atoms with Gasteiger partial charge < -0.3 is 5.73 Å². The molecule has 14 heteroatoms. The van der Waals surface area contributed by atoms with Crippen LogP contribution in [0.2, 0.25) is 0 Å². The number of aromatic amines is 1. The van der Waals surface area contributed by atoms with E-state index in [9.17, 15) is 35.9 Å². The third-order valence-electron chi connectivity index (χ3n) is 4.32. The number of hydrogen-bond donors (Lipinski definition) is 3. The number of halogens is 6. The van der Waals surface area contributed by atoms with Gasteiger partial charge >= 0.3 is 12.4 Å². The predicted octanol–water partition coefficient (Wildman–Crippen LogP) is 1.88. The van der Waals surface area contributed by atoms with E-state index in [0.717, 1.165) is 0 Å². The molecule has 0 aromatic carbocycles. The van der Waals surface area contributed by atoms with Crippen LogP contribution in [0, 0.1) is 5.92 Å². The number of pyridine rings is 1. The first-order valence-electron chi connectivity index (χ1n) is 8.93. The molecule has 0 radical (unpaired) electrons. The number of nitrogens with two attached hydrogens (primary N) is 1. The molecule has 1 unspecified atom stereocenters. The third-order valence-corrected chi connectivity index (χ3v) is 4.32. The van der Waals surface area contributed by atoms with Crippen molar-refractivity contribution in [3.63, 3.8) is 0 Å². The minimum absolute atomic E-state index is 0.00226. The molecule has 32 heavy (non-hydrogen) atoms. The first-order chi connectivity index (χ1) is 14.7. The molecule has 2 rings (SSSR count). The summed E-state index contributed by atoms with van der Waals surface area (Å²) < 4.78 is 79.9. The SMILES string of the molecule is CC(/C=C(\n1[nH]c(=O)c(/C=N/NC(=O)Cc2cccc[n+]2C)c1N)C(F)(F)F)C(F)(F)F. The van der Waals surface area contributed by atoms with Crippen molar-refractivity contribution in [3.05, 3.63) is 52.1 Å². The normalized spacial score (nSPS) is 14.1. The second-order valence-corrected chi connectivity index (χ2v) is 6.73. The number of amides is 1. The molecule has 2 heterocycles. The topological polar surface area (TPSA) is 109 Å². The zero-order chi connectivity index (χ0) is 24.3. The standard InChI is InChI=1S/C18H18F6N6O2/c1-10(17(19,20)21)7-13(18(22,23)24)30-15(25)12(16(32)28-30)9-26-27-14(31)8-11-5-3-4-6-29(11)2/h3-7,9-10H,8H2,1-2H3,(H3-,25,26,27,28,31,32)/p+1/b13-7-. The van der Waals surface area contributed by atoms with Crippen molar-refractivity contribution in [2.24, 2.45) is 18.1 Å². The van der Waals surface area contributed by atoms with Crippen molar-refractivity contribution < 1.29 is 35.7 Å². The Balaban J connectivity index is 2.28. The Bertz CT molecular complexity index is 1100. The molecule has 2 aromatic rings. The molecule has 1 amide bonds. The second kappa shape index (κ2) is 9.28. The molecule has 0 spiro atoms. The average molecular weight is 465 g/mol. The molecule has 1 atom stereocenters. The number of hydrazone groups is 1. The van der Waals surface area contributed by atoms with Gasteiger partial charge in [0.15, 0.2) is 11.9 Å². The lowest BCUT2D eigenvalue weighted by Gasteiger charge is -2.18. The number of aryl methyl sites for hydroxylation is 1. The summed E-state index contributed by atoms with van der Waals surface area (Å²) in [7, 11) is 1.71. The van der Waals surface area contributed by atoms with Crippen molar-refractivity contribution in [2.45, 2.75) is 25.7 Å². The van der Waals surface area contributed by atoms with Crippen molar-refractivity contribution in [1.29, 1.82) is 0 Å². The molecule has 174 valence electrons. The van der Waals surface area contributed by atoms with E-state index in [4.69, 9.17) is 5.73 Å². The fourth-order valence-corrected chi connectivity index (χ4v) is 2.52. The van der Waals surface area contributed by atoms with Crippen molar-refractivity contribution in [1.82, 2.24) is 15.2 Å². The maximum atomic E-state index is 13.3. The number of nitrogens with one attached hydrogen (secondary N) is 2. The average Bonchev–Trinajstić information content (AvgIpc) is 2.93. The fraction of sp³-hybridized carbons (Fsp3) is 0.333. The van der Waals surface area contributed by atoms with E-state index in [2.05, 4.69) is 10.5 Å². The molecular formula is C18H19F6N6O2+. The molecular weight excluding hydrogens is 446 g/mol. The number of carbonyl (C=O) groups excluding carboxylic acids is 1.